The summed E-state index contributed by atoms with van der Waals surface area (Å²) in [4.78, 5) is 4.91. The van der Waals surface area contributed by atoms with E-state index in [1.165, 1.54) is 17.2 Å². The van der Waals surface area contributed by atoms with Crippen LogP contribution in [0.15, 0.2) is 47.5 Å². The van der Waals surface area contributed by atoms with Crippen LogP contribution in [0.2, 0.25) is 0 Å². The van der Waals surface area contributed by atoms with Gasteiger partial charge in [-0.1, -0.05) is 12.1 Å². The van der Waals surface area contributed by atoms with E-state index >= 15 is 0 Å². The van der Waals surface area contributed by atoms with Gasteiger partial charge in [-0.3, -0.25) is 0 Å². The van der Waals surface area contributed by atoms with Gasteiger partial charge in [0.1, 0.15) is 5.82 Å². The third-order valence-electron chi connectivity index (χ3n) is 5.45. The summed E-state index contributed by atoms with van der Waals surface area (Å²) in [5, 5.41) is 9.74. The zero-order chi connectivity index (χ0) is 24.7. The predicted octanol–water partition coefficient (Wildman–Crippen LogP) is 3.77. The first-order valence-electron chi connectivity index (χ1n) is 9.82. The highest BCUT2D eigenvalue weighted by molar-refractivity contribution is 7.89. The number of halogens is 6. The molecule has 0 aliphatic carbocycles. The van der Waals surface area contributed by atoms with Crippen LogP contribution in [-0.2, 0) is 21.8 Å². The van der Waals surface area contributed by atoms with Crippen LogP contribution in [0.3, 0.4) is 0 Å². The Morgan fingerprint density at radius 1 is 0.939 bits per heavy atom. The Hall–Kier alpha value is -2.38. The lowest BCUT2D eigenvalue weighted by Gasteiger charge is -2.27. The largest absolute Gasteiger partial charge is 0.421 e. The average molecular weight is 497 g/mol. The molecule has 1 aliphatic heterocycles. The first-order chi connectivity index (χ1) is 15.2. The van der Waals surface area contributed by atoms with Crippen molar-refractivity contribution in [3.8, 4) is 0 Å². The van der Waals surface area contributed by atoms with E-state index in [-0.39, 0.29) is 43.3 Å². The van der Waals surface area contributed by atoms with Gasteiger partial charge in [0.25, 0.3) is 0 Å². The van der Waals surface area contributed by atoms with Gasteiger partial charge in [-0.05, 0) is 43.2 Å². The Labute approximate surface area is 186 Å². The summed E-state index contributed by atoms with van der Waals surface area (Å²) < 4.78 is 106. The summed E-state index contributed by atoms with van der Waals surface area (Å²) >= 11 is 0. The number of aliphatic hydroxyl groups is 1. The van der Waals surface area contributed by atoms with Crippen molar-refractivity contribution >= 4 is 15.8 Å². The maximum Gasteiger partial charge on any atom is 0.421 e. The van der Waals surface area contributed by atoms with Crippen molar-refractivity contribution in [2.24, 2.45) is 0 Å². The lowest BCUT2D eigenvalue weighted by molar-refractivity contribution is -0.258. The van der Waals surface area contributed by atoms with Crippen LogP contribution < -0.4 is 4.90 Å². The third-order valence-corrected chi connectivity index (χ3v) is 7.37. The molecule has 0 spiro atoms. The van der Waals surface area contributed by atoms with Gasteiger partial charge in [0.15, 0.2) is 5.60 Å². The van der Waals surface area contributed by atoms with Gasteiger partial charge in [0, 0.05) is 32.4 Å². The molecule has 1 N–H and O–H groups in total. The molecule has 1 fully saturated rings. The summed E-state index contributed by atoms with van der Waals surface area (Å²) in [5.74, 6) is -0.289. The van der Waals surface area contributed by atoms with E-state index in [9.17, 15) is 39.9 Å². The molecule has 1 saturated heterocycles. The number of sulfonamides is 1. The molecular weight excluding hydrogens is 476 g/mol. The average Bonchev–Trinajstić information content (AvgIpc) is 2.99. The van der Waals surface area contributed by atoms with Crippen molar-refractivity contribution in [3.05, 3.63) is 53.7 Å². The molecular formula is C20H21F6N3O3S. The number of anilines is 1. The second-order valence-corrected chi connectivity index (χ2v) is 9.65. The lowest BCUT2D eigenvalue weighted by atomic mass is 9.96. The second kappa shape index (κ2) is 8.76. The second-order valence-electron chi connectivity index (χ2n) is 7.71. The molecule has 1 aromatic heterocycles. The highest BCUT2D eigenvalue weighted by Crippen LogP contribution is 2.39. The molecule has 0 bridgehead atoms. The fourth-order valence-corrected chi connectivity index (χ4v) is 4.95. The van der Waals surface area contributed by atoms with E-state index in [0.717, 1.165) is 34.6 Å². The molecule has 0 radical (unpaired) electrons. The molecule has 2 aromatic rings. The van der Waals surface area contributed by atoms with E-state index in [1.54, 1.807) is 0 Å². The fourth-order valence-electron chi connectivity index (χ4n) is 3.48. The third kappa shape index (κ3) is 5.09. The van der Waals surface area contributed by atoms with Crippen LogP contribution in [0, 0.1) is 0 Å². The molecule has 13 heteroatoms. The van der Waals surface area contributed by atoms with Crippen molar-refractivity contribution in [3.63, 3.8) is 0 Å². The van der Waals surface area contributed by atoms with Crippen molar-refractivity contribution in [1.82, 2.24) is 9.29 Å². The van der Waals surface area contributed by atoms with Crippen LogP contribution in [-0.4, -0.2) is 55.2 Å². The summed E-state index contributed by atoms with van der Waals surface area (Å²) in [6, 6.07) is 5.77. The van der Waals surface area contributed by atoms with E-state index < -0.39 is 39.1 Å². The Kier molecular flexibility index (Phi) is 6.70. The number of pyridine rings is 1. The van der Waals surface area contributed by atoms with Crippen LogP contribution in [0.25, 0.3) is 0 Å². The maximum absolute atomic E-state index is 13.3. The molecule has 6 nitrogen and oxygen atoms in total. The van der Waals surface area contributed by atoms with Crippen LogP contribution in [0.4, 0.5) is 32.2 Å². The van der Waals surface area contributed by atoms with Crippen molar-refractivity contribution in [2.75, 3.05) is 31.1 Å². The van der Waals surface area contributed by atoms with Gasteiger partial charge in [-0.2, -0.15) is 30.6 Å². The number of hydrogen-bond acceptors (Lipinski definition) is 5. The molecule has 1 atom stereocenters. The molecule has 33 heavy (non-hydrogen) atoms. The minimum atomic E-state index is -4.96. The number of hydrogen-bond donors (Lipinski definition) is 1. The van der Waals surface area contributed by atoms with E-state index in [1.807, 2.05) is 0 Å². The SMILES string of the molecule is CC(O)(c1ccc(S(=O)(=O)N2CCCN(c3ncccc3C(F)(F)F)CC2)cc1)C(F)(F)F. The first-order valence-corrected chi connectivity index (χ1v) is 11.3. The van der Waals surface area contributed by atoms with Crippen molar-refractivity contribution in [2.45, 2.75) is 36.2 Å². The van der Waals surface area contributed by atoms with E-state index in [2.05, 4.69) is 4.98 Å². The van der Waals surface area contributed by atoms with Gasteiger partial charge in [-0.15, -0.1) is 0 Å². The summed E-state index contributed by atoms with van der Waals surface area (Å²) in [6.07, 6.45) is -8.14. The number of rotatable bonds is 4. The topological polar surface area (TPSA) is 73.7 Å². The van der Waals surface area contributed by atoms with E-state index in [0.29, 0.717) is 6.92 Å². The minimum absolute atomic E-state index is 0.00896. The van der Waals surface area contributed by atoms with Gasteiger partial charge < -0.3 is 10.0 Å². The molecule has 182 valence electrons. The number of alkyl halides is 6. The minimum Gasteiger partial charge on any atom is -0.376 e. The summed E-state index contributed by atoms with van der Waals surface area (Å²) in [6.45, 7) is 0.514. The first kappa shape index (κ1) is 25.2. The fraction of sp³-hybridized carbons (Fsp3) is 0.450. The zero-order valence-corrected chi connectivity index (χ0v) is 18.2. The van der Waals surface area contributed by atoms with Crippen LogP contribution in [0.5, 0.6) is 0 Å². The Bertz CT molecular complexity index is 1090. The summed E-state index contributed by atoms with van der Waals surface area (Å²) in [7, 11) is -4.13. The summed E-state index contributed by atoms with van der Waals surface area (Å²) in [5.41, 5.74) is -4.60. The molecule has 2 heterocycles. The number of benzene rings is 1. The molecule has 1 aromatic carbocycles. The van der Waals surface area contributed by atoms with Crippen LogP contribution >= 0.6 is 0 Å². The Morgan fingerprint density at radius 3 is 2.15 bits per heavy atom. The van der Waals surface area contributed by atoms with Gasteiger partial charge >= 0.3 is 12.4 Å². The van der Waals surface area contributed by atoms with Gasteiger partial charge in [-0.25, -0.2) is 13.4 Å². The number of aromatic nitrogens is 1. The van der Waals surface area contributed by atoms with Crippen LogP contribution in [0.1, 0.15) is 24.5 Å². The zero-order valence-electron chi connectivity index (χ0n) is 17.4. The van der Waals surface area contributed by atoms with Crippen molar-refractivity contribution < 1.29 is 39.9 Å². The predicted molar refractivity (Wildman–Crippen MR) is 107 cm³/mol. The van der Waals surface area contributed by atoms with Gasteiger partial charge in [0.2, 0.25) is 10.0 Å². The maximum atomic E-state index is 13.3. The Morgan fingerprint density at radius 2 is 1.58 bits per heavy atom. The molecule has 0 amide bonds. The smallest absolute Gasteiger partial charge is 0.376 e. The molecule has 3 rings (SSSR count). The van der Waals surface area contributed by atoms with E-state index in [4.69, 9.17) is 0 Å². The molecule has 1 unspecified atom stereocenters. The molecule has 0 saturated carbocycles. The highest BCUT2D eigenvalue weighted by Gasteiger charge is 2.51. The monoisotopic (exact) mass is 497 g/mol. The lowest BCUT2D eigenvalue weighted by Crippen LogP contribution is -2.39. The highest BCUT2D eigenvalue weighted by atomic mass is 32.2. The normalized spacial score (nSPS) is 18.6. The van der Waals surface area contributed by atoms with Gasteiger partial charge in [0.05, 0.1) is 10.5 Å². The quantitative estimate of drug-likeness (QED) is 0.652. The molecule has 1 aliphatic rings. The Balaban J connectivity index is 1.80. The number of nitrogens with zero attached hydrogens (tertiary/aromatic N) is 3. The standard InChI is InChI=1S/C20H21F6N3O3S/c1-18(30,20(24,25)26)14-5-7-15(8-6-14)33(31,32)29-11-3-10-28(12-13-29)17-16(19(21,22)23)4-2-9-27-17/h2,4-9,30H,3,10-13H2,1H3. The van der Waals surface area contributed by atoms with Crippen molar-refractivity contribution in [1.29, 1.82) is 0 Å².